The number of carbonyl (C=O) groups excluding carboxylic acids is 1. The van der Waals surface area contributed by atoms with Gasteiger partial charge in [-0.2, -0.15) is 0 Å². The van der Waals surface area contributed by atoms with Crippen LogP contribution in [0.2, 0.25) is 0 Å². The van der Waals surface area contributed by atoms with Crippen LogP contribution in [0.15, 0.2) is 47.5 Å². The Labute approximate surface area is 179 Å². The molecule has 0 unspecified atom stereocenters. The van der Waals surface area contributed by atoms with Gasteiger partial charge in [0.1, 0.15) is 5.75 Å². The first-order valence-electron chi connectivity index (χ1n) is 10.3. The molecule has 1 saturated heterocycles. The van der Waals surface area contributed by atoms with E-state index in [9.17, 15) is 4.79 Å². The van der Waals surface area contributed by atoms with Crippen LogP contribution in [0, 0.1) is 11.3 Å². The number of piperidine rings is 1. The molecular weight excluding hydrogens is 380 g/mol. The van der Waals surface area contributed by atoms with Gasteiger partial charge in [0.2, 0.25) is 5.91 Å². The summed E-state index contributed by atoms with van der Waals surface area (Å²) in [6, 6.07) is 12.4. The fourth-order valence-electron chi connectivity index (χ4n) is 3.53. The minimum atomic E-state index is 0.0488. The van der Waals surface area contributed by atoms with E-state index in [1.807, 2.05) is 17.0 Å². The molecule has 29 heavy (non-hydrogen) atoms. The summed E-state index contributed by atoms with van der Waals surface area (Å²) in [4.78, 5) is 20.2. The Kier molecular flexibility index (Phi) is 7.23. The highest BCUT2D eigenvalue weighted by Crippen LogP contribution is 2.25. The Morgan fingerprint density at radius 2 is 1.83 bits per heavy atom. The number of amides is 1. The first kappa shape index (κ1) is 21.7. The van der Waals surface area contributed by atoms with Gasteiger partial charge in [-0.15, -0.1) is 11.8 Å². The van der Waals surface area contributed by atoms with Gasteiger partial charge in [-0.3, -0.25) is 9.78 Å². The maximum Gasteiger partial charge on any atom is 0.223 e. The lowest BCUT2D eigenvalue weighted by Crippen LogP contribution is -2.40. The zero-order chi connectivity index (χ0) is 20.9. The highest BCUT2D eigenvalue weighted by molar-refractivity contribution is 7.98. The lowest BCUT2D eigenvalue weighted by molar-refractivity contribution is -0.134. The average Bonchev–Trinajstić information content (AvgIpc) is 2.72. The van der Waals surface area contributed by atoms with E-state index in [4.69, 9.17) is 4.74 Å². The molecule has 0 radical (unpaired) electrons. The second kappa shape index (κ2) is 9.66. The number of carbonyl (C=O) groups is 1. The Morgan fingerprint density at radius 3 is 2.38 bits per heavy atom. The fraction of sp³-hybridized carbons (Fsp3) is 0.500. The summed E-state index contributed by atoms with van der Waals surface area (Å²) in [7, 11) is 0. The Bertz CT molecular complexity index is 789. The van der Waals surface area contributed by atoms with Gasteiger partial charge >= 0.3 is 0 Å². The Hall–Kier alpha value is -2.01. The van der Waals surface area contributed by atoms with Crippen LogP contribution >= 0.6 is 11.8 Å². The van der Waals surface area contributed by atoms with Gasteiger partial charge < -0.3 is 9.64 Å². The summed E-state index contributed by atoms with van der Waals surface area (Å²) in [6.07, 6.45) is 6.51. The van der Waals surface area contributed by atoms with Crippen LogP contribution in [0.5, 0.6) is 5.75 Å². The molecule has 2 aromatic rings. The number of hydrogen-bond donors (Lipinski definition) is 0. The fourth-order valence-corrected chi connectivity index (χ4v) is 3.94. The topological polar surface area (TPSA) is 42.4 Å². The molecule has 1 aromatic carbocycles. The molecule has 0 atom stereocenters. The number of pyridine rings is 1. The van der Waals surface area contributed by atoms with Crippen molar-refractivity contribution in [2.45, 2.75) is 44.9 Å². The van der Waals surface area contributed by atoms with Crippen molar-refractivity contribution in [1.82, 2.24) is 9.88 Å². The van der Waals surface area contributed by atoms with Crippen molar-refractivity contribution < 1.29 is 9.53 Å². The standard InChI is InChI=1S/C24H32N2O2S/c1-24(2,3)15-23(27)26-13-11-18(12-14-26)17-28-20-7-10-22(25-16-20)19-5-8-21(29-4)9-6-19/h5-10,16,18H,11-15,17H2,1-4H3. The van der Waals surface area contributed by atoms with Crippen LogP contribution < -0.4 is 4.74 Å². The van der Waals surface area contributed by atoms with E-state index in [1.54, 1.807) is 18.0 Å². The molecule has 5 heteroatoms. The molecule has 1 aliphatic rings. The summed E-state index contributed by atoms with van der Waals surface area (Å²) in [5.41, 5.74) is 2.12. The quantitative estimate of drug-likeness (QED) is 0.586. The zero-order valence-corrected chi connectivity index (χ0v) is 18.8. The highest BCUT2D eigenvalue weighted by atomic mass is 32.2. The van der Waals surface area contributed by atoms with Crippen LogP contribution in [0.3, 0.4) is 0 Å². The van der Waals surface area contributed by atoms with Crippen LogP contribution in [0.4, 0.5) is 0 Å². The molecule has 1 fully saturated rings. The van der Waals surface area contributed by atoms with Gasteiger partial charge in [-0.1, -0.05) is 32.9 Å². The van der Waals surface area contributed by atoms with Crippen molar-refractivity contribution in [1.29, 1.82) is 0 Å². The highest BCUT2D eigenvalue weighted by Gasteiger charge is 2.26. The van der Waals surface area contributed by atoms with Crippen LogP contribution in [-0.4, -0.2) is 41.7 Å². The van der Waals surface area contributed by atoms with E-state index in [1.165, 1.54) is 4.90 Å². The van der Waals surface area contributed by atoms with Gasteiger partial charge in [-0.25, -0.2) is 0 Å². The van der Waals surface area contributed by atoms with Gasteiger partial charge in [0.05, 0.1) is 18.5 Å². The van der Waals surface area contributed by atoms with E-state index in [0.717, 1.165) is 42.9 Å². The third-order valence-corrected chi connectivity index (χ3v) is 6.00. The monoisotopic (exact) mass is 412 g/mol. The molecular formula is C24H32N2O2S. The largest absolute Gasteiger partial charge is 0.492 e. The Balaban J connectivity index is 1.45. The molecule has 0 spiro atoms. The van der Waals surface area contributed by atoms with Crippen molar-refractivity contribution in [3.8, 4) is 17.0 Å². The molecule has 1 amide bonds. The number of likely N-dealkylation sites (tertiary alicyclic amines) is 1. The predicted octanol–water partition coefficient (Wildman–Crippen LogP) is 5.52. The number of ether oxygens (including phenoxy) is 1. The first-order chi connectivity index (χ1) is 13.8. The normalized spacial score (nSPS) is 15.4. The van der Waals surface area contributed by atoms with Crippen molar-refractivity contribution in [2.75, 3.05) is 26.0 Å². The van der Waals surface area contributed by atoms with E-state index in [2.05, 4.69) is 56.3 Å². The van der Waals surface area contributed by atoms with Crippen molar-refractivity contribution in [3.63, 3.8) is 0 Å². The van der Waals surface area contributed by atoms with Crippen molar-refractivity contribution >= 4 is 17.7 Å². The molecule has 0 N–H and O–H groups in total. The number of aromatic nitrogens is 1. The smallest absolute Gasteiger partial charge is 0.223 e. The molecule has 1 aliphatic heterocycles. The lowest BCUT2D eigenvalue weighted by atomic mass is 9.90. The maximum absolute atomic E-state index is 12.4. The lowest BCUT2D eigenvalue weighted by Gasteiger charge is -2.33. The predicted molar refractivity (Wildman–Crippen MR) is 120 cm³/mol. The summed E-state index contributed by atoms with van der Waals surface area (Å²) in [5.74, 6) is 1.58. The number of benzene rings is 1. The summed E-state index contributed by atoms with van der Waals surface area (Å²) < 4.78 is 5.98. The van der Waals surface area contributed by atoms with Gasteiger partial charge in [-0.05, 0) is 54.7 Å². The molecule has 0 aliphatic carbocycles. The van der Waals surface area contributed by atoms with Gasteiger partial charge in [0.15, 0.2) is 0 Å². The summed E-state index contributed by atoms with van der Waals surface area (Å²) in [6.45, 7) is 8.71. The molecule has 4 nitrogen and oxygen atoms in total. The summed E-state index contributed by atoms with van der Waals surface area (Å²) in [5, 5.41) is 0. The van der Waals surface area contributed by atoms with E-state index < -0.39 is 0 Å². The van der Waals surface area contributed by atoms with Crippen LogP contribution in [0.25, 0.3) is 11.3 Å². The van der Waals surface area contributed by atoms with Crippen LogP contribution in [0.1, 0.15) is 40.0 Å². The molecule has 1 aromatic heterocycles. The minimum Gasteiger partial charge on any atom is -0.492 e. The third-order valence-electron chi connectivity index (χ3n) is 5.26. The van der Waals surface area contributed by atoms with Gasteiger partial charge in [0.25, 0.3) is 0 Å². The van der Waals surface area contributed by atoms with E-state index in [-0.39, 0.29) is 11.3 Å². The molecule has 156 valence electrons. The van der Waals surface area contributed by atoms with Crippen LogP contribution in [-0.2, 0) is 4.79 Å². The second-order valence-corrected chi connectivity index (χ2v) is 9.86. The van der Waals surface area contributed by atoms with Crippen molar-refractivity contribution in [2.24, 2.45) is 11.3 Å². The SMILES string of the molecule is CSc1ccc(-c2ccc(OCC3CCN(C(=O)CC(C)(C)C)CC3)cn2)cc1. The summed E-state index contributed by atoms with van der Waals surface area (Å²) >= 11 is 1.74. The number of rotatable bonds is 6. The van der Waals surface area contributed by atoms with Gasteiger partial charge in [0, 0.05) is 30.0 Å². The third kappa shape index (κ3) is 6.49. The minimum absolute atomic E-state index is 0.0488. The number of thioether (sulfide) groups is 1. The molecule has 3 rings (SSSR count). The van der Waals surface area contributed by atoms with E-state index in [0.29, 0.717) is 18.9 Å². The molecule has 2 heterocycles. The number of hydrogen-bond acceptors (Lipinski definition) is 4. The average molecular weight is 413 g/mol. The second-order valence-electron chi connectivity index (χ2n) is 8.98. The molecule has 0 bridgehead atoms. The first-order valence-corrected chi connectivity index (χ1v) is 11.6. The van der Waals surface area contributed by atoms with E-state index >= 15 is 0 Å². The zero-order valence-electron chi connectivity index (χ0n) is 18.0. The van der Waals surface area contributed by atoms with Crippen molar-refractivity contribution in [3.05, 3.63) is 42.6 Å². The maximum atomic E-state index is 12.4. The molecule has 0 saturated carbocycles. The number of nitrogens with zero attached hydrogens (tertiary/aromatic N) is 2. The Morgan fingerprint density at radius 1 is 1.14 bits per heavy atom.